The molecule has 0 amide bonds. The Morgan fingerprint density at radius 1 is 1.09 bits per heavy atom. The van der Waals surface area contributed by atoms with E-state index in [1.165, 1.54) is 11.1 Å². The number of hydrogen-bond acceptors (Lipinski definition) is 7. The Balaban J connectivity index is 1.29. The largest absolute Gasteiger partial charge is 0.459 e. The van der Waals surface area contributed by atoms with Crippen molar-refractivity contribution in [2.24, 2.45) is 0 Å². The van der Waals surface area contributed by atoms with Gasteiger partial charge >= 0.3 is 6.01 Å². The highest BCUT2D eigenvalue weighted by molar-refractivity contribution is 5.51. The van der Waals surface area contributed by atoms with Gasteiger partial charge in [0.05, 0.1) is 12.7 Å². The highest BCUT2D eigenvalue weighted by Gasteiger charge is 2.24. The number of aromatic nitrogens is 6. The number of anilines is 1. The molecule has 4 aromatic rings. The fraction of sp³-hybridized carbons (Fsp3) is 0.417. The summed E-state index contributed by atoms with van der Waals surface area (Å²) in [5.41, 5.74) is 10.5. The van der Waals surface area contributed by atoms with Crippen molar-refractivity contribution in [2.75, 3.05) is 18.8 Å². The van der Waals surface area contributed by atoms with Crippen LogP contribution >= 0.6 is 0 Å². The quantitative estimate of drug-likeness (QED) is 0.466. The summed E-state index contributed by atoms with van der Waals surface area (Å²) in [7, 11) is 0. The number of piperidine rings is 1. The van der Waals surface area contributed by atoms with Gasteiger partial charge < -0.3 is 10.5 Å². The molecule has 1 fully saturated rings. The monoisotopic (exact) mass is 446 g/mol. The number of nitrogens with two attached hydrogens (primary N) is 1. The lowest BCUT2D eigenvalue weighted by Gasteiger charge is -2.32. The smallest absolute Gasteiger partial charge is 0.322 e. The molecule has 1 saturated heterocycles. The van der Waals surface area contributed by atoms with Crippen molar-refractivity contribution in [1.29, 1.82) is 0 Å². The lowest BCUT2D eigenvalue weighted by molar-refractivity contribution is 0.0771. The maximum Gasteiger partial charge on any atom is 0.322 e. The molecule has 0 unspecified atom stereocenters. The SMILES string of the molecule is CC(C)c1cnn2c(N)nc(O[C@@H]3CCCN(Cc4ccccc4Cn4cccn4)C3)nc12. The Labute approximate surface area is 193 Å². The summed E-state index contributed by atoms with van der Waals surface area (Å²) in [5, 5.41) is 8.67. The van der Waals surface area contributed by atoms with Gasteiger partial charge in [-0.3, -0.25) is 9.58 Å². The summed E-state index contributed by atoms with van der Waals surface area (Å²) >= 11 is 0. The minimum Gasteiger partial charge on any atom is -0.459 e. The van der Waals surface area contributed by atoms with Gasteiger partial charge in [0.25, 0.3) is 0 Å². The second-order valence-corrected chi connectivity index (χ2v) is 8.94. The van der Waals surface area contributed by atoms with Crippen molar-refractivity contribution in [3.05, 3.63) is 65.6 Å². The maximum absolute atomic E-state index is 6.23. The number of hydrogen-bond donors (Lipinski definition) is 1. The number of rotatable bonds is 7. The molecular weight excluding hydrogens is 416 g/mol. The zero-order valence-electron chi connectivity index (χ0n) is 19.1. The fourth-order valence-electron chi connectivity index (χ4n) is 4.43. The van der Waals surface area contributed by atoms with E-state index in [1.54, 1.807) is 10.7 Å². The first-order valence-corrected chi connectivity index (χ1v) is 11.5. The van der Waals surface area contributed by atoms with Crippen molar-refractivity contribution >= 4 is 11.6 Å². The second kappa shape index (κ2) is 9.19. The lowest BCUT2D eigenvalue weighted by Crippen LogP contribution is -2.41. The molecule has 1 aliphatic rings. The molecule has 0 aliphatic carbocycles. The minimum atomic E-state index is 0.0179. The summed E-state index contributed by atoms with van der Waals surface area (Å²) < 4.78 is 9.77. The Bertz CT molecular complexity index is 1220. The number of likely N-dealkylation sites (tertiary alicyclic amines) is 1. The minimum absolute atomic E-state index is 0.0179. The molecule has 33 heavy (non-hydrogen) atoms. The maximum atomic E-state index is 6.23. The van der Waals surface area contributed by atoms with E-state index in [9.17, 15) is 0 Å². The van der Waals surface area contributed by atoms with Gasteiger partial charge in [0.2, 0.25) is 5.95 Å². The molecule has 5 rings (SSSR count). The van der Waals surface area contributed by atoms with Gasteiger partial charge in [-0.15, -0.1) is 0 Å². The van der Waals surface area contributed by atoms with Gasteiger partial charge in [-0.05, 0) is 42.5 Å². The van der Waals surface area contributed by atoms with Crippen molar-refractivity contribution in [3.8, 4) is 6.01 Å². The first kappa shape index (κ1) is 21.4. The van der Waals surface area contributed by atoms with Crippen LogP contribution in [-0.4, -0.2) is 53.5 Å². The van der Waals surface area contributed by atoms with Crippen LogP contribution in [0.3, 0.4) is 0 Å². The second-order valence-electron chi connectivity index (χ2n) is 8.94. The number of ether oxygens (including phenoxy) is 1. The van der Waals surface area contributed by atoms with E-state index in [0.717, 1.165) is 44.6 Å². The van der Waals surface area contributed by atoms with Gasteiger partial charge in [0.1, 0.15) is 6.10 Å². The molecule has 9 heteroatoms. The van der Waals surface area contributed by atoms with Crippen molar-refractivity contribution in [1.82, 2.24) is 34.3 Å². The summed E-state index contributed by atoms with van der Waals surface area (Å²) in [6.07, 6.45) is 7.66. The third-order valence-corrected chi connectivity index (χ3v) is 6.16. The molecule has 172 valence electrons. The molecular formula is C24H30N8O. The topological polar surface area (TPSA) is 99.4 Å². The molecule has 0 bridgehead atoms. The third kappa shape index (κ3) is 4.68. The highest BCUT2D eigenvalue weighted by Crippen LogP contribution is 2.24. The van der Waals surface area contributed by atoms with E-state index in [-0.39, 0.29) is 12.0 Å². The normalized spacial score (nSPS) is 17.1. The van der Waals surface area contributed by atoms with Gasteiger partial charge in [-0.1, -0.05) is 38.1 Å². The Kier molecular flexibility index (Phi) is 5.95. The number of nitrogens with zero attached hydrogens (tertiary/aromatic N) is 7. The molecule has 0 radical (unpaired) electrons. The lowest BCUT2D eigenvalue weighted by atomic mass is 10.0. The van der Waals surface area contributed by atoms with Crippen LogP contribution in [-0.2, 0) is 13.1 Å². The van der Waals surface area contributed by atoms with E-state index < -0.39 is 0 Å². The zero-order chi connectivity index (χ0) is 22.8. The van der Waals surface area contributed by atoms with Crippen molar-refractivity contribution in [2.45, 2.75) is 51.8 Å². The molecule has 1 aromatic carbocycles. The summed E-state index contributed by atoms with van der Waals surface area (Å²) in [6, 6.07) is 10.9. The van der Waals surface area contributed by atoms with Gasteiger partial charge in [-0.2, -0.15) is 24.7 Å². The Hall–Kier alpha value is -3.46. The molecule has 3 aromatic heterocycles. The van der Waals surface area contributed by atoms with Gasteiger partial charge in [0.15, 0.2) is 5.65 Å². The van der Waals surface area contributed by atoms with Crippen LogP contribution in [0.5, 0.6) is 6.01 Å². The van der Waals surface area contributed by atoms with E-state index in [0.29, 0.717) is 17.6 Å². The van der Waals surface area contributed by atoms with Gasteiger partial charge in [0, 0.05) is 31.0 Å². The van der Waals surface area contributed by atoms with Crippen molar-refractivity contribution < 1.29 is 4.74 Å². The van der Waals surface area contributed by atoms with Crippen LogP contribution in [0, 0.1) is 0 Å². The van der Waals surface area contributed by atoms with Crippen molar-refractivity contribution in [3.63, 3.8) is 0 Å². The van der Waals surface area contributed by atoms with Crippen LogP contribution in [0.4, 0.5) is 5.95 Å². The van der Waals surface area contributed by atoms with E-state index in [2.05, 4.69) is 63.2 Å². The van der Waals surface area contributed by atoms with Crippen LogP contribution < -0.4 is 10.5 Å². The van der Waals surface area contributed by atoms with Crippen LogP contribution in [0.25, 0.3) is 5.65 Å². The first-order valence-electron chi connectivity index (χ1n) is 11.5. The van der Waals surface area contributed by atoms with E-state index in [4.69, 9.17) is 10.5 Å². The van der Waals surface area contributed by atoms with E-state index >= 15 is 0 Å². The number of fused-ring (bicyclic) bond motifs is 1. The predicted octanol–water partition coefficient (Wildman–Crippen LogP) is 3.12. The molecule has 1 atom stereocenters. The fourth-order valence-corrected chi connectivity index (χ4v) is 4.43. The van der Waals surface area contributed by atoms with E-state index in [1.807, 2.05) is 23.1 Å². The summed E-state index contributed by atoms with van der Waals surface area (Å²) in [5.74, 6) is 0.582. The predicted molar refractivity (Wildman–Crippen MR) is 126 cm³/mol. The summed E-state index contributed by atoms with van der Waals surface area (Å²) in [4.78, 5) is 11.4. The third-order valence-electron chi connectivity index (χ3n) is 6.16. The van der Waals surface area contributed by atoms with Crippen LogP contribution in [0.2, 0.25) is 0 Å². The molecule has 0 spiro atoms. The highest BCUT2D eigenvalue weighted by atomic mass is 16.5. The van der Waals surface area contributed by atoms with Crippen LogP contribution in [0.1, 0.15) is 49.3 Å². The zero-order valence-corrected chi connectivity index (χ0v) is 19.1. The summed E-state index contributed by atoms with van der Waals surface area (Å²) in [6.45, 7) is 7.73. The average molecular weight is 447 g/mol. The molecule has 0 saturated carbocycles. The number of nitrogen functional groups attached to an aromatic ring is 1. The Morgan fingerprint density at radius 3 is 2.67 bits per heavy atom. The standard InChI is InChI=1S/C24H30N8O/c1-17(2)21-13-27-32-22(21)28-24(29-23(32)25)33-20-9-5-11-30(16-20)14-18-7-3-4-8-19(18)15-31-12-6-10-26-31/h3-4,6-8,10,12-13,17,20H,5,9,11,14-16H2,1-2H3,(H2,25,28,29)/t20-/m1/s1. The average Bonchev–Trinajstić information content (AvgIpc) is 3.45. The number of benzene rings is 1. The van der Waals surface area contributed by atoms with Gasteiger partial charge in [-0.25, -0.2) is 0 Å². The Morgan fingerprint density at radius 2 is 1.91 bits per heavy atom. The van der Waals surface area contributed by atoms with Crippen LogP contribution in [0.15, 0.2) is 48.9 Å². The first-order chi connectivity index (χ1) is 16.1. The molecule has 9 nitrogen and oxygen atoms in total. The molecule has 1 aliphatic heterocycles. The molecule has 4 heterocycles. The molecule has 2 N–H and O–H groups in total.